The Morgan fingerprint density at radius 3 is 2.53 bits per heavy atom. The number of nitrogens with one attached hydrogen (secondary N) is 1. The van der Waals surface area contributed by atoms with Gasteiger partial charge in [-0.25, -0.2) is 8.42 Å². The molecule has 0 saturated carbocycles. The third-order valence-corrected chi connectivity index (χ3v) is 6.77. The SMILES string of the molecule is Cc1cccc(O[C@@H](C)C(=O)NCc2ccccc2CS(=O)(=O)N2CCOCC2)c1. The van der Waals surface area contributed by atoms with Gasteiger partial charge in [-0.3, -0.25) is 4.79 Å². The summed E-state index contributed by atoms with van der Waals surface area (Å²) in [5.41, 5.74) is 2.50. The van der Waals surface area contributed by atoms with Gasteiger partial charge in [0.25, 0.3) is 5.91 Å². The fourth-order valence-electron chi connectivity index (χ4n) is 3.26. The summed E-state index contributed by atoms with van der Waals surface area (Å²) < 4.78 is 37.9. The first-order valence-electron chi connectivity index (χ1n) is 9.98. The van der Waals surface area contributed by atoms with Gasteiger partial charge in [-0.1, -0.05) is 36.4 Å². The van der Waals surface area contributed by atoms with Crippen molar-refractivity contribution in [2.24, 2.45) is 0 Å². The summed E-state index contributed by atoms with van der Waals surface area (Å²) in [7, 11) is -3.44. The molecule has 8 heteroatoms. The maximum absolute atomic E-state index is 12.7. The van der Waals surface area contributed by atoms with E-state index in [4.69, 9.17) is 9.47 Å². The van der Waals surface area contributed by atoms with Gasteiger partial charge in [0.05, 0.1) is 19.0 Å². The number of ether oxygens (including phenoxy) is 2. The van der Waals surface area contributed by atoms with Gasteiger partial charge in [-0.15, -0.1) is 0 Å². The molecule has 1 saturated heterocycles. The molecule has 1 N–H and O–H groups in total. The molecule has 1 fully saturated rings. The minimum Gasteiger partial charge on any atom is -0.481 e. The number of nitrogens with zero attached hydrogens (tertiary/aromatic N) is 1. The molecule has 1 heterocycles. The van der Waals surface area contributed by atoms with Crippen LogP contribution < -0.4 is 10.1 Å². The summed E-state index contributed by atoms with van der Waals surface area (Å²) in [6.07, 6.45) is -0.670. The number of hydrogen-bond donors (Lipinski definition) is 1. The van der Waals surface area contributed by atoms with Crippen LogP contribution in [0, 0.1) is 6.92 Å². The van der Waals surface area contributed by atoms with Gasteiger partial charge in [0, 0.05) is 19.6 Å². The minimum absolute atomic E-state index is 0.103. The van der Waals surface area contributed by atoms with Crippen LogP contribution in [0.15, 0.2) is 48.5 Å². The summed E-state index contributed by atoms with van der Waals surface area (Å²) in [5.74, 6) is 0.269. The second-order valence-electron chi connectivity index (χ2n) is 7.33. The van der Waals surface area contributed by atoms with Crippen LogP contribution in [-0.2, 0) is 31.9 Å². The summed E-state index contributed by atoms with van der Waals surface area (Å²) in [4.78, 5) is 12.5. The van der Waals surface area contributed by atoms with Gasteiger partial charge in [0.15, 0.2) is 6.10 Å². The summed E-state index contributed by atoms with van der Waals surface area (Å²) in [6, 6.07) is 14.8. The van der Waals surface area contributed by atoms with Gasteiger partial charge in [0.1, 0.15) is 5.75 Å². The summed E-state index contributed by atoms with van der Waals surface area (Å²) >= 11 is 0. The molecule has 0 unspecified atom stereocenters. The first kappa shape index (κ1) is 22.3. The molecular weight excluding hydrogens is 404 g/mol. The van der Waals surface area contributed by atoms with Crippen molar-refractivity contribution in [3.05, 3.63) is 65.2 Å². The van der Waals surface area contributed by atoms with E-state index in [1.807, 2.05) is 43.3 Å². The fourth-order valence-corrected chi connectivity index (χ4v) is 4.82. The number of amides is 1. The molecular formula is C22H28N2O5S. The Labute approximate surface area is 178 Å². The van der Waals surface area contributed by atoms with E-state index < -0.39 is 16.1 Å². The molecule has 1 aliphatic heterocycles. The molecule has 0 bridgehead atoms. The number of carbonyl (C=O) groups is 1. The Morgan fingerprint density at radius 2 is 1.83 bits per heavy atom. The normalized spacial score (nSPS) is 16.1. The number of carbonyl (C=O) groups excluding carboxylic acids is 1. The second-order valence-corrected chi connectivity index (χ2v) is 9.30. The summed E-state index contributed by atoms with van der Waals surface area (Å²) in [5, 5.41) is 2.85. The molecule has 0 spiro atoms. The number of hydrogen-bond acceptors (Lipinski definition) is 5. The molecule has 2 aromatic carbocycles. The quantitative estimate of drug-likeness (QED) is 0.692. The molecule has 1 aliphatic rings. The third kappa shape index (κ3) is 6.04. The number of benzene rings is 2. The van der Waals surface area contributed by atoms with Crippen molar-refractivity contribution < 1.29 is 22.7 Å². The standard InChI is InChI=1S/C22H28N2O5S/c1-17-6-5-9-21(14-17)29-18(2)22(25)23-15-19-7-3-4-8-20(19)16-30(26,27)24-10-12-28-13-11-24/h3-9,14,18H,10-13,15-16H2,1-2H3,(H,23,25)/t18-/m0/s1. The molecule has 2 aromatic rings. The maximum atomic E-state index is 12.7. The van der Waals surface area contributed by atoms with Crippen molar-refractivity contribution >= 4 is 15.9 Å². The van der Waals surface area contributed by atoms with Crippen LogP contribution in [0.1, 0.15) is 23.6 Å². The molecule has 30 heavy (non-hydrogen) atoms. The Hall–Kier alpha value is -2.42. The number of sulfonamides is 1. The van der Waals surface area contributed by atoms with E-state index in [-0.39, 0.29) is 18.2 Å². The molecule has 0 radical (unpaired) electrons. The Kier molecular flexibility index (Phi) is 7.47. The molecule has 0 aliphatic carbocycles. The van der Waals surface area contributed by atoms with Crippen molar-refractivity contribution in [3.8, 4) is 5.75 Å². The lowest BCUT2D eigenvalue weighted by atomic mass is 10.1. The number of rotatable bonds is 8. The van der Waals surface area contributed by atoms with Crippen molar-refractivity contribution in [1.82, 2.24) is 9.62 Å². The van der Waals surface area contributed by atoms with E-state index in [1.54, 1.807) is 19.1 Å². The van der Waals surface area contributed by atoms with Crippen LogP contribution in [0.25, 0.3) is 0 Å². The zero-order chi connectivity index (χ0) is 21.6. The highest BCUT2D eigenvalue weighted by molar-refractivity contribution is 7.88. The van der Waals surface area contributed by atoms with Gasteiger partial charge in [-0.05, 0) is 42.7 Å². The third-order valence-electron chi connectivity index (χ3n) is 4.94. The Balaban J connectivity index is 1.61. The molecule has 162 valence electrons. The zero-order valence-corrected chi connectivity index (χ0v) is 18.2. The highest BCUT2D eigenvalue weighted by Gasteiger charge is 2.25. The van der Waals surface area contributed by atoms with Crippen molar-refractivity contribution in [2.45, 2.75) is 32.2 Å². The predicted octanol–water partition coefficient (Wildman–Crippen LogP) is 2.24. The molecule has 1 amide bonds. The maximum Gasteiger partial charge on any atom is 0.261 e. The van der Waals surface area contributed by atoms with Crippen molar-refractivity contribution in [2.75, 3.05) is 26.3 Å². The van der Waals surface area contributed by atoms with Crippen LogP contribution >= 0.6 is 0 Å². The predicted molar refractivity (Wildman–Crippen MR) is 115 cm³/mol. The molecule has 7 nitrogen and oxygen atoms in total. The van der Waals surface area contributed by atoms with E-state index in [0.29, 0.717) is 37.6 Å². The lowest BCUT2D eigenvalue weighted by molar-refractivity contribution is -0.127. The van der Waals surface area contributed by atoms with Crippen LogP contribution in [0.2, 0.25) is 0 Å². The lowest BCUT2D eigenvalue weighted by Gasteiger charge is -2.26. The van der Waals surface area contributed by atoms with Crippen LogP contribution in [0.3, 0.4) is 0 Å². The molecule has 1 atom stereocenters. The first-order chi connectivity index (χ1) is 14.3. The van der Waals surface area contributed by atoms with Gasteiger partial charge < -0.3 is 14.8 Å². The fraction of sp³-hybridized carbons (Fsp3) is 0.409. The average molecular weight is 433 g/mol. The van der Waals surface area contributed by atoms with Crippen molar-refractivity contribution in [1.29, 1.82) is 0 Å². The summed E-state index contributed by atoms with van der Waals surface area (Å²) in [6.45, 7) is 5.44. The van der Waals surface area contributed by atoms with Gasteiger partial charge >= 0.3 is 0 Å². The van der Waals surface area contributed by atoms with E-state index in [0.717, 1.165) is 11.1 Å². The van der Waals surface area contributed by atoms with Gasteiger partial charge in [-0.2, -0.15) is 4.31 Å². The molecule has 0 aromatic heterocycles. The van der Waals surface area contributed by atoms with E-state index in [1.165, 1.54) is 4.31 Å². The zero-order valence-electron chi connectivity index (χ0n) is 17.3. The Morgan fingerprint density at radius 1 is 1.13 bits per heavy atom. The molecule has 3 rings (SSSR count). The van der Waals surface area contributed by atoms with Crippen LogP contribution in [0.4, 0.5) is 0 Å². The number of morpholine rings is 1. The van der Waals surface area contributed by atoms with Crippen molar-refractivity contribution in [3.63, 3.8) is 0 Å². The smallest absolute Gasteiger partial charge is 0.261 e. The highest BCUT2D eigenvalue weighted by Crippen LogP contribution is 2.17. The largest absolute Gasteiger partial charge is 0.481 e. The van der Waals surface area contributed by atoms with E-state index >= 15 is 0 Å². The van der Waals surface area contributed by atoms with Gasteiger partial charge in [0.2, 0.25) is 10.0 Å². The second kappa shape index (κ2) is 10.1. The lowest BCUT2D eigenvalue weighted by Crippen LogP contribution is -2.41. The number of aryl methyl sites for hydroxylation is 1. The Bertz CT molecular complexity index is 971. The van der Waals surface area contributed by atoms with E-state index in [9.17, 15) is 13.2 Å². The highest BCUT2D eigenvalue weighted by atomic mass is 32.2. The monoisotopic (exact) mass is 432 g/mol. The average Bonchev–Trinajstić information content (AvgIpc) is 2.73. The van der Waals surface area contributed by atoms with E-state index in [2.05, 4.69) is 5.32 Å². The van der Waals surface area contributed by atoms with Crippen LogP contribution in [0.5, 0.6) is 5.75 Å². The van der Waals surface area contributed by atoms with Crippen LogP contribution in [-0.4, -0.2) is 51.0 Å². The topological polar surface area (TPSA) is 84.9 Å². The minimum atomic E-state index is -3.44. The first-order valence-corrected chi connectivity index (χ1v) is 11.6.